The lowest BCUT2D eigenvalue weighted by atomic mass is 9.97. The van der Waals surface area contributed by atoms with Gasteiger partial charge in [0.25, 0.3) is 0 Å². The Kier molecular flexibility index (Phi) is 6.89. The number of rotatable bonds is 10. The Bertz CT molecular complexity index is 898. The summed E-state index contributed by atoms with van der Waals surface area (Å²) in [5.74, 6) is -1.09. The van der Waals surface area contributed by atoms with Gasteiger partial charge < -0.3 is 27.8 Å². The van der Waals surface area contributed by atoms with Crippen LogP contribution in [0.3, 0.4) is 0 Å². The first-order chi connectivity index (χ1) is 13.6. The van der Waals surface area contributed by atoms with Gasteiger partial charge in [-0.3, -0.25) is 20.3 Å². The first kappa shape index (κ1) is 21.8. The van der Waals surface area contributed by atoms with E-state index in [4.69, 9.17) is 17.2 Å². The molecule has 2 rings (SSSR count). The third kappa shape index (κ3) is 6.01. The maximum absolute atomic E-state index is 11.2. The van der Waals surface area contributed by atoms with Crippen molar-refractivity contribution in [3.8, 4) is 0 Å². The van der Waals surface area contributed by atoms with Crippen molar-refractivity contribution in [2.45, 2.75) is 32.2 Å². The third-order valence-electron chi connectivity index (χ3n) is 4.53. The van der Waals surface area contributed by atoms with Crippen LogP contribution in [0.25, 0.3) is 0 Å². The van der Waals surface area contributed by atoms with Crippen LogP contribution in [0.4, 0.5) is 22.7 Å². The van der Waals surface area contributed by atoms with Gasteiger partial charge in [-0.2, -0.15) is 0 Å². The molecule has 0 saturated heterocycles. The molecule has 2 amide bonds. The molecule has 0 spiro atoms. The molecule has 2 aromatic rings. The number of carbonyl (C=O) groups excluding carboxylic acids is 2. The van der Waals surface area contributed by atoms with E-state index in [1.165, 1.54) is 6.07 Å². The van der Waals surface area contributed by atoms with Gasteiger partial charge in [-0.05, 0) is 63.1 Å². The van der Waals surface area contributed by atoms with Crippen LogP contribution in [0.15, 0.2) is 36.4 Å². The number of hydrogen-bond acceptors (Lipinski definition) is 7. The van der Waals surface area contributed by atoms with Crippen molar-refractivity contribution in [1.82, 2.24) is 0 Å². The van der Waals surface area contributed by atoms with Crippen molar-refractivity contribution in [1.29, 1.82) is 0 Å². The molecule has 0 bridgehead atoms. The number of hydrogen-bond donors (Lipinski definition) is 7. The lowest BCUT2D eigenvalue weighted by molar-refractivity contribution is 0.0992. The number of amides is 2. The number of primary amides is 2. The molecule has 10 N–H and O–H groups in total. The van der Waals surface area contributed by atoms with Crippen LogP contribution in [-0.4, -0.2) is 29.1 Å². The Balaban J connectivity index is 1.91. The van der Waals surface area contributed by atoms with E-state index in [0.717, 1.165) is 18.5 Å². The van der Waals surface area contributed by atoms with E-state index < -0.39 is 11.8 Å². The summed E-state index contributed by atoms with van der Waals surface area (Å²) in [7, 11) is 0. The third-order valence-corrected chi connectivity index (χ3v) is 4.53. The zero-order valence-electron chi connectivity index (χ0n) is 16.6. The maximum Gasteiger partial charge on any atom is 0.248 e. The van der Waals surface area contributed by atoms with Crippen molar-refractivity contribution in [2.24, 2.45) is 11.5 Å². The van der Waals surface area contributed by atoms with E-state index >= 15 is 0 Å². The number of carbonyl (C=O) groups is 2. The lowest BCUT2D eigenvalue weighted by Gasteiger charge is -2.28. The number of nitrogens with one attached hydrogen (secondary N) is 3. The van der Waals surface area contributed by atoms with E-state index in [-0.39, 0.29) is 5.54 Å². The van der Waals surface area contributed by atoms with Crippen LogP contribution in [0.1, 0.15) is 47.4 Å². The van der Waals surface area contributed by atoms with Crippen LogP contribution in [0.2, 0.25) is 0 Å². The first-order valence-electron chi connectivity index (χ1n) is 9.18. The topological polar surface area (TPSA) is 169 Å². The molecule has 0 unspecified atom stereocenters. The zero-order chi connectivity index (χ0) is 21.6. The molecular formula is C20H28N6O3. The molecule has 0 radical (unpaired) electrons. The highest BCUT2D eigenvalue weighted by molar-refractivity contribution is 5.95. The molecular weight excluding hydrogens is 372 g/mol. The predicted octanol–water partition coefficient (Wildman–Crippen LogP) is 2.35. The molecule has 0 atom stereocenters. The fraction of sp³-hybridized carbons (Fsp3) is 0.300. The summed E-state index contributed by atoms with van der Waals surface area (Å²) < 4.78 is 0. The summed E-state index contributed by atoms with van der Waals surface area (Å²) in [4.78, 5) is 22.5. The fourth-order valence-electron chi connectivity index (χ4n) is 2.95. The predicted molar refractivity (Wildman–Crippen MR) is 115 cm³/mol. The van der Waals surface area contributed by atoms with E-state index in [0.29, 0.717) is 34.7 Å². The minimum Gasteiger partial charge on any atom is -0.397 e. The second kappa shape index (κ2) is 9.16. The summed E-state index contributed by atoms with van der Waals surface area (Å²) in [6.07, 6.45) is 1.64. The van der Waals surface area contributed by atoms with Crippen LogP contribution < -0.4 is 33.3 Å². The van der Waals surface area contributed by atoms with Crippen LogP contribution in [0.5, 0.6) is 0 Å². The molecule has 29 heavy (non-hydrogen) atoms. The zero-order valence-corrected chi connectivity index (χ0v) is 16.6. The lowest BCUT2D eigenvalue weighted by Crippen LogP contribution is -2.31. The molecule has 0 aliphatic rings. The Morgan fingerprint density at radius 2 is 1.55 bits per heavy atom. The standard InChI is InChI=1S/C20H28N6O3/c1-20(2,25-15-6-4-12(18(22)27)10-14(15)21)8-3-9-24-16-7-5-13(19(23)28)11-17(16)26-29/h4-7,10-11,24-26,29H,3,8-9,21H2,1-2H3,(H2,22,27)(H2,23,28). The summed E-state index contributed by atoms with van der Waals surface area (Å²) in [5.41, 5.74) is 21.3. The second-order valence-corrected chi connectivity index (χ2v) is 7.44. The van der Waals surface area contributed by atoms with Gasteiger partial charge in [-0.25, -0.2) is 0 Å². The molecule has 0 saturated carbocycles. The Hall–Kier alpha value is -3.46. The monoisotopic (exact) mass is 400 g/mol. The van der Waals surface area contributed by atoms with Crippen molar-refractivity contribution in [2.75, 3.05) is 28.4 Å². The molecule has 0 fully saturated rings. The summed E-state index contributed by atoms with van der Waals surface area (Å²) >= 11 is 0. The summed E-state index contributed by atoms with van der Waals surface area (Å²) in [6, 6.07) is 9.70. The molecule has 9 nitrogen and oxygen atoms in total. The Labute approximate surface area is 169 Å². The molecule has 0 aromatic heterocycles. The van der Waals surface area contributed by atoms with Gasteiger partial charge in [-0.15, -0.1) is 0 Å². The molecule has 9 heteroatoms. The summed E-state index contributed by atoms with van der Waals surface area (Å²) in [6.45, 7) is 4.75. The van der Waals surface area contributed by atoms with Gasteiger partial charge >= 0.3 is 0 Å². The van der Waals surface area contributed by atoms with Crippen molar-refractivity contribution in [3.05, 3.63) is 47.5 Å². The SMILES string of the molecule is CC(C)(CCCNc1ccc(C(N)=O)cc1NO)Nc1ccc(C(N)=O)cc1N. The molecule has 0 aliphatic carbocycles. The van der Waals surface area contributed by atoms with Crippen molar-refractivity contribution in [3.63, 3.8) is 0 Å². The van der Waals surface area contributed by atoms with Crippen molar-refractivity contribution < 1.29 is 14.8 Å². The average Bonchev–Trinajstić information content (AvgIpc) is 2.66. The number of anilines is 4. The van der Waals surface area contributed by atoms with E-state index in [9.17, 15) is 14.8 Å². The quantitative estimate of drug-likeness (QED) is 0.182. The van der Waals surface area contributed by atoms with Gasteiger partial charge in [-0.1, -0.05) is 0 Å². The fourth-order valence-corrected chi connectivity index (χ4v) is 2.95. The van der Waals surface area contributed by atoms with E-state index in [2.05, 4.69) is 30.0 Å². The van der Waals surface area contributed by atoms with Gasteiger partial charge in [0.2, 0.25) is 11.8 Å². The minimum atomic E-state index is -0.566. The molecule has 156 valence electrons. The maximum atomic E-state index is 11.2. The summed E-state index contributed by atoms with van der Waals surface area (Å²) in [5, 5.41) is 15.9. The first-order valence-corrected chi connectivity index (χ1v) is 9.18. The van der Waals surface area contributed by atoms with E-state index in [1.807, 2.05) is 0 Å². The Morgan fingerprint density at radius 3 is 2.10 bits per heavy atom. The van der Waals surface area contributed by atoms with Crippen molar-refractivity contribution >= 4 is 34.6 Å². The second-order valence-electron chi connectivity index (χ2n) is 7.44. The average molecular weight is 400 g/mol. The molecule has 0 aliphatic heterocycles. The molecule has 0 heterocycles. The molecule has 2 aromatic carbocycles. The van der Waals surface area contributed by atoms with E-state index in [1.54, 1.807) is 30.3 Å². The smallest absolute Gasteiger partial charge is 0.248 e. The number of nitrogen functional groups attached to an aromatic ring is 1. The highest BCUT2D eigenvalue weighted by Crippen LogP contribution is 2.26. The van der Waals surface area contributed by atoms with Gasteiger partial charge in [0.1, 0.15) is 0 Å². The van der Waals surface area contributed by atoms with Gasteiger partial charge in [0, 0.05) is 23.2 Å². The van der Waals surface area contributed by atoms with Crippen LogP contribution in [0, 0.1) is 0 Å². The minimum absolute atomic E-state index is 0.252. The largest absolute Gasteiger partial charge is 0.397 e. The number of nitrogens with two attached hydrogens (primary N) is 3. The Morgan fingerprint density at radius 1 is 0.966 bits per heavy atom. The normalized spacial score (nSPS) is 11.0. The van der Waals surface area contributed by atoms with Gasteiger partial charge in [0.05, 0.1) is 22.7 Å². The van der Waals surface area contributed by atoms with Gasteiger partial charge in [0.15, 0.2) is 0 Å². The number of benzene rings is 2. The van der Waals surface area contributed by atoms with Crippen LogP contribution in [-0.2, 0) is 0 Å². The highest BCUT2D eigenvalue weighted by Gasteiger charge is 2.18. The van der Waals surface area contributed by atoms with Crippen LogP contribution >= 0.6 is 0 Å². The highest BCUT2D eigenvalue weighted by atomic mass is 16.5.